The van der Waals surface area contributed by atoms with Crippen LogP contribution in [0.5, 0.6) is 0 Å². The van der Waals surface area contributed by atoms with Gasteiger partial charge in [0.05, 0.1) is 6.42 Å². The first-order valence-corrected chi connectivity index (χ1v) is 8.17. The van der Waals surface area contributed by atoms with Crippen LogP contribution >= 0.6 is 0 Å². The van der Waals surface area contributed by atoms with Gasteiger partial charge >= 0.3 is 0 Å². The van der Waals surface area contributed by atoms with Crippen molar-refractivity contribution < 1.29 is 9.18 Å². The first kappa shape index (κ1) is 15.7. The zero-order chi connectivity index (χ0) is 16.2. The highest BCUT2D eigenvalue weighted by Crippen LogP contribution is 2.33. The summed E-state index contributed by atoms with van der Waals surface area (Å²) in [5, 5.41) is 2.90. The summed E-state index contributed by atoms with van der Waals surface area (Å²) in [4.78, 5) is 16.4. The molecule has 3 rings (SSSR count). The monoisotopic (exact) mass is 315 g/mol. The van der Waals surface area contributed by atoms with Crippen molar-refractivity contribution in [3.05, 3.63) is 53.4 Å². The molecule has 1 saturated carbocycles. The van der Waals surface area contributed by atoms with Gasteiger partial charge in [-0.2, -0.15) is 0 Å². The van der Waals surface area contributed by atoms with Crippen molar-refractivity contribution in [1.29, 1.82) is 0 Å². The lowest BCUT2D eigenvalue weighted by molar-refractivity contribution is -0.120. The van der Waals surface area contributed by atoms with E-state index in [-0.39, 0.29) is 18.1 Å². The second kappa shape index (κ2) is 6.94. The van der Waals surface area contributed by atoms with E-state index in [9.17, 15) is 9.18 Å². The molecule has 1 amide bonds. The lowest BCUT2D eigenvalue weighted by Gasteiger charge is -2.29. The third-order valence-electron chi connectivity index (χ3n) is 4.42. The number of hydrogen-bond donors (Lipinski definition) is 1. The Morgan fingerprint density at radius 1 is 1.43 bits per heavy atom. The van der Waals surface area contributed by atoms with Crippen LogP contribution in [0.4, 0.5) is 4.39 Å². The van der Waals surface area contributed by atoms with Gasteiger partial charge in [-0.1, -0.05) is 12.1 Å². The molecule has 1 fully saturated rings. The molecule has 0 aliphatic heterocycles. The van der Waals surface area contributed by atoms with Crippen molar-refractivity contribution >= 4 is 5.91 Å². The standard InChI is InChI=1S/C18H22FN3O/c1-13-12-21-17(22(13)16-6-3-7-16)8-9-20-18(23)11-14-4-2-5-15(19)10-14/h2,4-5,10,12,16H,3,6-9,11H2,1H3,(H,20,23). The molecule has 0 radical (unpaired) electrons. The predicted molar refractivity (Wildman–Crippen MR) is 86.7 cm³/mol. The van der Waals surface area contributed by atoms with Crippen molar-refractivity contribution in [3.8, 4) is 0 Å². The molecule has 0 bridgehead atoms. The number of nitrogens with one attached hydrogen (secondary N) is 1. The van der Waals surface area contributed by atoms with E-state index < -0.39 is 0 Å². The second-order valence-electron chi connectivity index (χ2n) is 6.18. The van der Waals surface area contributed by atoms with Gasteiger partial charge in [-0.05, 0) is 43.9 Å². The quantitative estimate of drug-likeness (QED) is 0.891. The Morgan fingerprint density at radius 2 is 2.26 bits per heavy atom. The summed E-state index contributed by atoms with van der Waals surface area (Å²) >= 11 is 0. The smallest absolute Gasteiger partial charge is 0.224 e. The molecule has 0 atom stereocenters. The van der Waals surface area contributed by atoms with Gasteiger partial charge in [0.1, 0.15) is 11.6 Å². The summed E-state index contributed by atoms with van der Waals surface area (Å²) in [5.41, 5.74) is 1.88. The molecule has 0 unspecified atom stereocenters. The van der Waals surface area contributed by atoms with Gasteiger partial charge < -0.3 is 9.88 Å². The normalized spacial score (nSPS) is 14.5. The van der Waals surface area contributed by atoms with Crippen LogP contribution in [0.2, 0.25) is 0 Å². The minimum absolute atomic E-state index is 0.0888. The van der Waals surface area contributed by atoms with Crippen molar-refractivity contribution in [2.75, 3.05) is 6.54 Å². The van der Waals surface area contributed by atoms with E-state index in [4.69, 9.17) is 0 Å². The molecule has 122 valence electrons. The van der Waals surface area contributed by atoms with E-state index >= 15 is 0 Å². The number of carbonyl (C=O) groups is 1. The fourth-order valence-electron chi connectivity index (χ4n) is 3.03. The van der Waals surface area contributed by atoms with Crippen LogP contribution in [0.15, 0.2) is 30.5 Å². The van der Waals surface area contributed by atoms with Gasteiger partial charge in [0.2, 0.25) is 5.91 Å². The highest BCUT2D eigenvalue weighted by molar-refractivity contribution is 5.78. The number of imidazole rings is 1. The molecular weight excluding hydrogens is 293 g/mol. The maximum Gasteiger partial charge on any atom is 0.224 e. The predicted octanol–water partition coefficient (Wildman–Crippen LogP) is 2.96. The van der Waals surface area contributed by atoms with Crippen LogP contribution in [-0.4, -0.2) is 22.0 Å². The number of halogens is 1. The fraction of sp³-hybridized carbons (Fsp3) is 0.444. The molecule has 1 aromatic heterocycles. The van der Waals surface area contributed by atoms with E-state index in [1.165, 1.54) is 37.1 Å². The lowest BCUT2D eigenvalue weighted by Crippen LogP contribution is -2.29. The van der Waals surface area contributed by atoms with Gasteiger partial charge in [0.25, 0.3) is 0 Å². The minimum atomic E-state index is -0.312. The zero-order valence-corrected chi connectivity index (χ0v) is 13.4. The highest BCUT2D eigenvalue weighted by atomic mass is 19.1. The van der Waals surface area contributed by atoms with E-state index in [1.807, 2.05) is 6.20 Å². The molecule has 0 saturated heterocycles. The molecule has 4 nitrogen and oxygen atoms in total. The summed E-state index contributed by atoms with van der Waals surface area (Å²) in [5.74, 6) is 0.639. The Hall–Kier alpha value is -2.17. The molecule has 1 N–H and O–H groups in total. The number of benzene rings is 1. The Balaban J connectivity index is 1.50. The number of amides is 1. The number of aryl methyl sites for hydroxylation is 1. The van der Waals surface area contributed by atoms with Crippen LogP contribution in [-0.2, 0) is 17.6 Å². The number of carbonyl (C=O) groups excluding carboxylic acids is 1. The van der Waals surface area contributed by atoms with Crippen molar-refractivity contribution in [3.63, 3.8) is 0 Å². The Morgan fingerprint density at radius 3 is 2.96 bits per heavy atom. The molecular formula is C18H22FN3O. The van der Waals surface area contributed by atoms with Gasteiger partial charge in [0, 0.05) is 30.9 Å². The first-order valence-electron chi connectivity index (χ1n) is 8.17. The minimum Gasteiger partial charge on any atom is -0.355 e. The van der Waals surface area contributed by atoms with Gasteiger partial charge in [-0.15, -0.1) is 0 Å². The maximum absolute atomic E-state index is 13.1. The van der Waals surface area contributed by atoms with Crippen molar-refractivity contribution in [1.82, 2.24) is 14.9 Å². The van der Waals surface area contributed by atoms with Crippen LogP contribution in [0, 0.1) is 12.7 Å². The number of aromatic nitrogens is 2. The molecule has 1 aliphatic carbocycles. The Kier molecular flexibility index (Phi) is 4.74. The summed E-state index contributed by atoms with van der Waals surface area (Å²) in [6.45, 7) is 2.63. The molecule has 5 heteroatoms. The zero-order valence-electron chi connectivity index (χ0n) is 13.4. The number of nitrogens with zero attached hydrogens (tertiary/aromatic N) is 2. The number of rotatable bonds is 6. The third kappa shape index (κ3) is 3.78. The molecule has 1 aromatic carbocycles. The average molecular weight is 315 g/mol. The Bertz CT molecular complexity index is 691. The average Bonchev–Trinajstić information content (AvgIpc) is 2.79. The first-order chi connectivity index (χ1) is 11.1. The lowest BCUT2D eigenvalue weighted by atomic mass is 9.92. The van der Waals surface area contributed by atoms with Crippen LogP contribution in [0.1, 0.15) is 42.4 Å². The maximum atomic E-state index is 13.1. The van der Waals surface area contributed by atoms with Crippen LogP contribution < -0.4 is 5.32 Å². The summed E-state index contributed by atoms with van der Waals surface area (Å²) in [6.07, 6.45) is 6.55. The van der Waals surface area contributed by atoms with Crippen molar-refractivity contribution in [2.24, 2.45) is 0 Å². The van der Waals surface area contributed by atoms with E-state index in [1.54, 1.807) is 12.1 Å². The van der Waals surface area contributed by atoms with Gasteiger partial charge in [-0.3, -0.25) is 4.79 Å². The van der Waals surface area contributed by atoms with E-state index in [2.05, 4.69) is 21.8 Å². The van der Waals surface area contributed by atoms with Crippen LogP contribution in [0.25, 0.3) is 0 Å². The van der Waals surface area contributed by atoms with Crippen LogP contribution in [0.3, 0.4) is 0 Å². The topological polar surface area (TPSA) is 46.9 Å². The highest BCUT2D eigenvalue weighted by Gasteiger charge is 2.23. The van der Waals surface area contributed by atoms with Gasteiger partial charge in [-0.25, -0.2) is 9.37 Å². The van der Waals surface area contributed by atoms with Gasteiger partial charge in [0.15, 0.2) is 0 Å². The number of hydrogen-bond acceptors (Lipinski definition) is 2. The molecule has 1 aliphatic rings. The second-order valence-corrected chi connectivity index (χ2v) is 6.18. The fourth-order valence-corrected chi connectivity index (χ4v) is 3.03. The van der Waals surface area contributed by atoms with Crippen molar-refractivity contribution in [2.45, 2.75) is 45.1 Å². The van der Waals surface area contributed by atoms with E-state index in [0.717, 1.165) is 12.2 Å². The summed E-state index contributed by atoms with van der Waals surface area (Å²) in [7, 11) is 0. The molecule has 2 aromatic rings. The summed E-state index contributed by atoms with van der Waals surface area (Å²) < 4.78 is 15.4. The van der Waals surface area contributed by atoms with E-state index in [0.29, 0.717) is 18.2 Å². The third-order valence-corrected chi connectivity index (χ3v) is 4.42. The summed E-state index contributed by atoms with van der Waals surface area (Å²) in [6, 6.07) is 6.73. The molecule has 1 heterocycles. The Labute approximate surface area is 135 Å². The largest absolute Gasteiger partial charge is 0.355 e. The molecule has 23 heavy (non-hydrogen) atoms. The SMILES string of the molecule is Cc1cnc(CCNC(=O)Cc2cccc(F)c2)n1C1CCC1. The molecule has 0 spiro atoms.